The lowest BCUT2D eigenvalue weighted by atomic mass is 9.96. The first-order chi connectivity index (χ1) is 10.4. The lowest BCUT2D eigenvalue weighted by Gasteiger charge is -2.08. The Morgan fingerprint density at radius 1 is 0.714 bits per heavy atom. The molecule has 1 nitrogen and oxygen atoms in total. The van der Waals surface area contributed by atoms with Crippen molar-refractivity contribution in [2.45, 2.75) is 6.42 Å². The topological polar surface area (TPSA) is 17.1 Å². The molecule has 4 rings (SSSR count). The maximum Gasteiger partial charge on any atom is 0.150 e. The summed E-state index contributed by atoms with van der Waals surface area (Å²) in [6.45, 7) is 0. The van der Waals surface area contributed by atoms with Crippen molar-refractivity contribution in [3.63, 3.8) is 0 Å². The Morgan fingerprint density at radius 3 is 2.29 bits per heavy atom. The van der Waals surface area contributed by atoms with Crippen LogP contribution in [0.1, 0.15) is 21.5 Å². The Bertz CT molecular complexity index is 846. The van der Waals surface area contributed by atoms with Gasteiger partial charge in [0.1, 0.15) is 0 Å². The summed E-state index contributed by atoms with van der Waals surface area (Å²) in [6.07, 6.45) is 1.93. The fraction of sp³-hybridized carbons (Fsp3) is 0.0500. The molecule has 0 amide bonds. The largest absolute Gasteiger partial charge is 0.298 e. The second-order valence-electron chi connectivity index (χ2n) is 5.41. The van der Waals surface area contributed by atoms with Crippen LogP contribution in [0.2, 0.25) is 0 Å². The van der Waals surface area contributed by atoms with Gasteiger partial charge in [-0.2, -0.15) is 0 Å². The zero-order valence-electron chi connectivity index (χ0n) is 11.5. The first kappa shape index (κ1) is 12.1. The Balaban J connectivity index is 1.90. The molecule has 3 aromatic rings. The van der Waals surface area contributed by atoms with Crippen molar-refractivity contribution in [2.75, 3.05) is 0 Å². The van der Waals surface area contributed by atoms with Crippen LogP contribution in [0.5, 0.6) is 0 Å². The average molecular weight is 270 g/mol. The van der Waals surface area contributed by atoms with Gasteiger partial charge in [-0.05, 0) is 45.9 Å². The summed E-state index contributed by atoms with van der Waals surface area (Å²) in [6, 6.07) is 22.8. The highest BCUT2D eigenvalue weighted by Gasteiger charge is 2.18. The van der Waals surface area contributed by atoms with Gasteiger partial charge < -0.3 is 0 Å². The zero-order chi connectivity index (χ0) is 14.2. The Morgan fingerprint density at radius 2 is 1.43 bits per heavy atom. The molecule has 0 saturated carbocycles. The number of hydrogen-bond acceptors (Lipinski definition) is 1. The van der Waals surface area contributed by atoms with Crippen molar-refractivity contribution in [1.29, 1.82) is 0 Å². The van der Waals surface area contributed by atoms with Crippen molar-refractivity contribution in [2.24, 2.45) is 0 Å². The highest BCUT2D eigenvalue weighted by Crippen LogP contribution is 2.39. The van der Waals surface area contributed by atoms with Crippen molar-refractivity contribution in [3.8, 4) is 22.3 Å². The Hall–Kier alpha value is -2.67. The normalized spacial score (nSPS) is 11.8. The third-order valence-electron chi connectivity index (χ3n) is 4.20. The standard InChI is InChI=1S/C20H14O/c21-13-17-6-2-3-7-18(17)16-10-9-15-11-14-5-1-4-8-19(14)20(15)12-16/h1-10,12-13H,11H2. The second-order valence-corrected chi connectivity index (χ2v) is 5.41. The average Bonchev–Trinajstić information content (AvgIpc) is 2.92. The molecule has 0 aromatic heterocycles. The minimum absolute atomic E-state index is 0.740. The van der Waals surface area contributed by atoms with Gasteiger partial charge in [-0.25, -0.2) is 0 Å². The van der Waals surface area contributed by atoms with Gasteiger partial charge in [0.25, 0.3) is 0 Å². The van der Waals surface area contributed by atoms with Gasteiger partial charge in [-0.3, -0.25) is 4.79 Å². The van der Waals surface area contributed by atoms with Crippen LogP contribution >= 0.6 is 0 Å². The van der Waals surface area contributed by atoms with Gasteiger partial charge in [-0.15, -0.1) is 0 Å². The summed E-state index contributed by atoms with van der Waals surface area (Å²) in [5.41, 5.74) is 8.20. The third kappa shape index (κ3) is 1.90. The number of fused-ring (bicyclic) bond motifs is 3. The minimum atomic E-state index is 0.740. The number of carbonyl (C=O) groups excluding carboxylic acids is 1. The molecule has 0 saturated heterocycles. The molecule has 0 heterocycles. The maximum absolute atomic E-state index is 11.2. The van der Waals surface area contributed by atoms with Gasteiger partial charge >= 0.3 is 0 Å². The molecule has 1 aliphatic carbocycles. The van der Waals surface area contributed by atoms with E-state index >= 15 is 0 Å². The van der Waals surface area contributed by atoms with Gasteiger partial charge in [0.05, 0.1) is 0 Å². The molecule has 0 N–H and O–H groups in total. The molecule has 1 heteroatoms. The summed E-state index contributed by atoms with van der Waals surface area (Å²) in [4.78, 5) is 11.2. The Labute approximate surface area is 123 Å². The fourth-order valence-corrected chi connectivity index (χ4v) is 3.15. The molecule has 1 aliphatic rings. The molecule has 0 atom stereocenters. The van der Waals surface area contributed by atoms with Crippen LogP contribution in [0.4, 0.5) is 0 Å². The SMILES string of the molecule is O=Cc1ccccc1-c1ccc2c(c1)-c1ccccc1C2. The molecule has 100 valence electrons. The van der Waals surface area contributed by atoms with E-state index in [1.54, 1.807) is 0 Å². The number of benzene rings is 3. The highest BCUT2D eigenvalue weighted by atomic mass is 16.1. The summed E-state index contributed by atoms with van der Waals surface area (Å²) in [5, 5.41) is 0. The van der Waals surface area contributed by atoms with Gasteiger partial charge in [0.15, 0.2) is 6.29 Å². The van der Waals surface area contributed by atoms with Crippen LogP contribution in [-0.4, -0.2) is 6.29 Å². The first-order valence-electron chi connectivity index (χ1n) is 7.12. The van der Waals surface area contributed by atoms with E-state index in [1.807, 2.05) is 24.3 Å². The predicted octanol–water partition coefficient (Wildman–Crippen LogP) is 4.74. The summed E-state index contributed by atoms with van der Waals surface area (Å²) in [7, 11) is 0. The number of aldehydes is 1. The Kier molecular flexibility index (Phi) is 2.71. The lowest BCUT2D eigenvalue weighted by Crippen LogP contribution is -1.88. The van der Waals surface area contributed by atoms with Gasteiger partial charge in [0, 0.05) is 5.56 Å². The van der Waals surface area contributed by atoms with Crippen LogP contribution in [0, 0.1) is 0 Å². The van der Waals surface area contributed by atoms with E-state index in [2.05, 4.69) is 42.5 Å². The summed E-state index contributed by atoms with van der Waals surface area (Å²) >= 11 is 0. The van der Waals surface area contributed by atoms with Gasteiger partial charge in [-0.1, -0.05) is 60.7 Å². The van der Waals surface area contributed by atoms with E-state index in [0.717, 1.165) is 29.4 Å². The van der Waals surface area contributed by atoms with Crippen LogP contribution in [0.25, 0.3) is 22.3 Å². The smallest absolute Gasteiger partial charge is 0.150 e. The quantitative estimate of drug-likeness (QED) is 0.481. The van der Waals surface area contributed by atoms with Crippen LogP contribution < -0.4 is 0 Å². The first-order valence-corrected chi connectivity index (χ1v) is 7.12. The molecule has 0 bridgehead atoms. The van der Waals surface area contributed by atoms with E-state index in [9.17, 15) is 4.79 Å². The zero-order valence-corrected chi connectivity index (χ0v) is 11.5. The van der Waals surface area contributed by atoms with E-state index in [0.29, 0.717) is 0 Å². The molecule has 0 radical (unpaired) electrons. The number of carbonyl (C=O) groups is 1. The fourth-order valence-electron chi connectivity index (χ4n) is 3.15. The van der Waals surface area contributed by atoms with Crippen LogP contribution in [0.3, 0.4) is 0 Å². The molecule has 0 spiro atoms. The van der Waals surface area contributed by atoms with E-state index in [-0.39, 0.29) is 0 Å². The highest BCUT2D eigenvalue weighted by molar-refractivity contribution is 5.89. The molecule has 21 heavy (non-hydrogen) atoms. The molecule has 0 aliphatic heterocycles. The maximum atomic E-state index is 11.2. The van der Waals surface area contributed by atoms with Crippen molar-refractivity contribution in [1.82, 2.24) is 0 Å². The van der Waals surface area contributed by atoms with Crippen molar-refractivity contribution in [3.05, 3.63) is 83.4 Å². The number of rotatable bonds is 2. The minimum Gasteiger partial charge on any atom is -0.298 e. The molecule has 0 unspecified atom stereocenters. The van der Waals surface area contributed by atoms with Gasteiger partial charge in [0.2, 0.25) is 0 Å². The van der Waals surface area contributed by atoms with Crippen molar-refractivity contribution < 1.29 is 4.79 Å². The predicted molar refractivity (Wildman–Crippen MR) is 85.5 cm³/mol. The second kappa shape index (κ2) is 4.71. The van der Waals surface area contributed by atoms with E-state index < -0.39 is 0 Å². The molecular weight excluding hydrogens is 256 g/mol. The summed E-state index contributed by atoms with van der Waals surface area (Å²) in [5.74, 6) is 0. The van der Waals surface area contributed by atoms with E-state index in [1.165, 1.54) is 22.3 Å². The van der Waals surface area contributed by atoms with E-state index in [4.69, 9.17) is 0 Å². The molecule has 3 aromatic carbocycles. The lowest BCUT2D eigenvalue weighted by molar-refractivity contribution is 0.112. The molecule has 0 fully saturated rings. The number of hydrogen-bond donors (Lipinski definition) is 0. The van der Waals surface area contributed by atoms with Crippen LogP contribution in [0.15, 0.2) is 66.7 Å². The third-order valence-corrected chi connectivity index (χ3v) is 4.20. The van der Waals surface area contributed by atoms with Crippen LogP contribution in [-0.2, 0) is 6.42 Å². The van der Waals surface area contributed by atoms with Crippen molar-refractivity contribution >= 4 is 6.29 Å². The molecular formula is C20H14O. The summed E-state index contributed by atoms with van der Waals surface area (Å²) < 4.78 is 0. The monoisotopic (exact) mass is 270 g/mol.